The zero-order valence-electron chi connectivity index (χ0n) is 17.0. The lowest BCUT2D eigenvalue weighted by molar-refractivity contribution is 0.0320. The highest BCUT2D eigenvalue weighted by Gasteiger charge is 2.19. The van der Waals surface area contributed by atoms with Crippen LogP contribution in [0.3, 0.4) is 0 Å². The third-order valence-electron chi connectivity index (χ3n) is 4.30. The second-order valence-electron chi connectivity index (χ2n) is 7.96. The normalized spacial score (nSPS) is 18.0. The smallest absolute Gasteiger partial charge is 0.216 e. The predicted molar refractivity (Wildman–Crippen MR) is 104 cm³/mol. The third kappa shape index (κ3) is 6.96. The van der Waals surface area contributed by atoms with Crippen LogP contribution in [0.4, 0.5) is 0 Å². The van der Waals surface area contributed by atoms with Crippen molar-refractivity contribution >= 4 is 5.96 Å². The average molecular weight is 366 g/mol. The quantitative estimate of drug-likeness (QED) is 0.569. The van der Waals surface area contributed by atoms with E-state index in [1.54, 1.807) is 6.20 Å². The van der Waals surface area contributed by atoms with Gasteiger partial charge in [0.25, 0.3) is 0 Å². The van der Waals surface area contributed by atoms with Gasteiger partial charge in [-0.3, -0.25) is 4.90 Å². The Morgan fingerprint density at radius 2 is 2.04 bits per heavy atom. The Labute approximate surface area is 157 Å². The van der Waals surface area contributed by atoms with Gasteiger partial charge >= 0.3 is 0 Å². The van der Waals surface area contributed by atoms with E-state index in [2.05, 4.69) is 60.1 Å². The molecule has 0 saturated carbocycles. The summed E-state index contributed by atoms with van der Waals surface area (Å²) in [4.78, 5) is 11.4. The summed E-state index contributed by atoms with van der Waals surface area (Å²) >= 11 is 0. The van der Waals surface area contributed by atoms with Crippen molar-refractivity contribution in [3.05, 3.63) is 17.8 Å². The third-order valence-corrected chi connectivity index (χ3v) is 4.30. The Balaban J connectivity index is 1.82. The molecule has 0 amide bonds. The second-order valence-corrected chi connectivity index (χ2v) is 7.96. The van der Waals surface area contributed by atoms with E-state index in [4.69, 9.17) is 9.15 Å². The molecular formula is C19H35N5O2. The van der Waals surface area contributed by atoms with Gasteiger partial charge in [-0.15, -0.1) is 0 Å². The number of rotatable bonds is 7. The van der Waals surface area contributed by atoms with Crippen LogP contribution in [0.1, 0.15) is 46.3 Å². The fourth-order valence-corrected chi connectivity index (χ4v) is 2.78. The molecular weight excluding hydrogens is 330 g/mol. The van der Waals surface area contributed by atoms with E-state index in [9.17, 15) is 0 Å². The van der Waals surface area contributed by atoms with Gasteiger partial charge in [0.15, 0.2) is 5.96 Å². The summed E-state index contributed by atoms with van der Waals surface area (Å²) in [6.45, 7) is 17.6. The van der Waals surface area contributed by atoms with Crippen LogP contribution in [0.15, 0.2) is 15.6 Å². The lowest BCUT2D eigenvalue weighted by Crippen LogP contribution is -2.44. The molecule has 1 aliphatic rings. The Morgan fingerprint density at radius 1 is 1.31 bits per heavy atom. The van der Waals surface area contributed by atoms with E-state index in [1.165, 1.54) is 0 Å². The summed E-state index contributed by atoms with van der Waals surface area (Å²) in [5, 5.41) is 6.71. The number of guanidine groups is 1. The first-order valence-corrected chi connectivity index (χ1v) is 9.66. The molecule has 2 N–H and O–H groups in total. The number of aromatic nitrogens is 1. The number of nitrogens with zero attached hydrogens (tertiary/aromatic N) is 3. The van der Waals surface area contributed by atoms with Crippen LogP contribution in [-0.2, 0) is 16.7 Å². The van der Waals surface area contributed by atoms with E-state index in [0.717, 1.165) is 57.7 Å². The highest BCUT2D eigenvalue weighted by molar-refractivity contribution is 5.79. The Kier molecular flexibility index (Phi) is 7.90. The molecule has 148 valence electrons. The summed E-state index contributed by atoms with van der Waals surface area (Å²) in [6, 6.07) is 0. The zero-order chi connectivity index (χ0) is 19.0. The minimum atomic E-state index is -0.0351. The van der Waals surface area contributed by atoms with Gasteiger partial charge in [-0.05, 0) is 12.8 Å². The van der Waals surface area contributed by atoms with Gasteiger partial charge in [-0.25, -0.2) is 9.98 Å². The molecule has 0 aliphatic carbocycles. The number of aliphatic imine (C=N–C) groups is 1. The molecule has 1 aliphatic heterocycles. The number of oxazole rings is 1. The molecule has 2 heterocycles. The van der Waals surface area contributed by atoms with Crippen LogP contribution < -0.4 is 10.6 Å². The molecule has 1 atom stereocenters. The lowest BCUT2D eigenvalue weighted by atomic mass is 9.94. The molecule has 1 aromatic rings. The van der Waals surface area contributed by atoms with Crippen LogP contribution >= 0.6 is 0 Å². The molecule has 1 unspecified atom stereocenters. The predicted octanol–water partition coefficient (Wildman–Crippen LogP) is 2.00. The van der Waals surface area contributed by atoms with Crippen LogP contribution in [-0.4, -0.2) is 61.8 Å². The Morgan fingerprint density at radius 3 is 2.65 bits per heavy atom. The SMILES string of the molecule is CCNC(=NCc1ncc(C(C)(C)C)o1)NCC(C)CN1CCOCC1. The fourth-order valence-electron chi connectivity index (χ4n) is 2.78. The fraction of sp³-hybridized carbons (Fsp3) is 0.789. The van der Waals surface area contributed by atoms with Gasteiger partial charge in [0, 0.05) is 38.1 Å². The summed E-state index contributed by atoms with van der Waals surface area (Å²) in [5.41, 5.74) is -0.0351. The number of hydrogen-bond acceptors (Lipinski definition) is 5. The highest BCUT2D eigenvalue weighted by Crippen LogP contribution is 2.22. The lowest BCUT2D eigenvalue weighted by Gasteiger charge is -2.29. The van der Waals surface area contributed by atoms with Crippen molar-refractivity contribution in [1.82, 2.24) is 20.5 Å². The molecule has 1 fully saturated rings. The molecule has 7 heteroatoms. The molecule has 1 saturated heterocycles. The molecule has 0 aromatic carbocycles. The van der Waals surface area contributed by atoms with Crippen LogP contribution in [0.2, 0.25) is 0 Å². The van der Waals surface area contributed by atoms with Crippen molar-refractivity contribution in [1.29, 1.82) is 0 Å². The van der Waals surface area contributed by atoms with Gasteiger partial charge < -0.3 is 19.8 Å². The van der Waals surface area contributed by atoms with Crippen LogP contribution in [0, 0.1) is 5.92 Å². The van der Waals surface area contributed by atoms with Gasteiger partial charge in [0.2, 0.25) is 5.89 Å². The standard InChI is InChI=1S/C19H35N5O2/c1-6-20-18(22-11-15(2)14-24-7-9-25-10-8-24)23-13-17-21-12-16(26-17)19(3,4)5/h12,15H,6-11,13-14H2,1-5H3,(H2,20,22,23). The van der Waals surface area contributed by atoms with E-state index in [0.29, 0.717) is 18.4 Å². The number of hydrogen-bond donors (Lipinski definition) is 2. The van der Waals surface area contributed by atoms with Crippen molar-refractivity contribution < 1.29 is 9.15 Å². The Hall–Kier alpha value is -1.60. The molecule has 0 bridgehead atoms. The number of morpholine rings is 1. The molecule has 1 aromatic heterocycles. The van der Waals surface area contributed by atoms with E-state index in [-0.39, 0.29) is 5.41 Å². The molecule has 0 spiro atoms. The summed E-state index contributed by atoms with van der Waals surface area (Å²) in [7, 11) is 0. The zero-order valence-corrected chi connectivity index (χ0v) is 17.0. The van der Waals surface area contributed by atoms with Gasteiger partial charge in [-0.2, -0.15) is 0 Å². The van der Waals surface area contributed by atoms with Gasteiger partial charge in [0.05, 0.1) is 19.4 Å². The molecule has 26 heavy (non-hydrogen) atoms. The maximum absolute atomic E-state index is 5.81. The van der Waals surface area contributed by atoms with Crippen molar-refractivity contribution in [2.45, 2.75) is 46.6 Å². The first-order valence-electron chi connectivity index (χ1n) is 9.66. The largest absolute Gasteiger partial charge is 0.443 e. The van der Waals surface area contributed by atoms with Gasteiger partial charge in [-0.1, -0.05) is 27.7 Å². The van der Waals surface area contributed by atoms with Crippen LogP contribution in [0.5, 0.6) is 0 Å². The topological polar surface area (TPSA) is 74.9 Å². The van der Waals surface area contributed by atoms with Crippen molar-refractivity contribution in [3.8, 4) is 0 Å². The van der Waals surface area contributed by atoms with Crippen LogP contribution in [0.25, 0.3) is 0 Å². The average Bonchev–Trinajstić information content (AvgIpc) is 3.08. The molecule has 7 nitrogen and oxygen atoms in total. The van der Waals surface area contributed by atoms with Crippen molar-refractivity contribution in [2.24, 2.45) is 10.9 Å². The maximum atomic E-state index is 5.81. The van der Waals surface area contributed by atoms with E-state index < -0.39 is 0 Å². The Bertz CT molecular complexity index is 559. The first-order chi connectivity index (χ1) is 12.4. The van der Waals surface area contributed by atoms with Crippen molar-refractivity contribution in [2.75, 3.05) is 45.9 Å². The van der Waals surface area contributed by atoms with E-state index >= 15 is 0 Å². The molecule has 0 radical (unpaired) electrons. The van der Waals surface area contributed by atoms with Crippen molar-refractivity contribution in [3.63, 3.8) is 0 Å². The number of ether oxygens (including phenoxy) is 1. The molecule has 2 rings (SSSR count). The highest BCUT2D eigenvalue weighted by atomic mass is 16.5. The first kappa shape index (κ1) is 20.7. The monoisotopic (exact) mass is 365 g/mol. The summed E-state index contributed by atoms with van der Waals surface area (Å²) in [5.74, 6) is 2.87. The minimum Gasteiger partial charge on any atom is -0.443 e. The summed E-state index contributed by atoms with van der Waals surface area (Å²) in [6.07, 6.45) is 1.80. The number of nitrogens with one attached hydrogen (secondary N) is 2. The second kappa shape index (κ2) is 9.92. The maximum Gasteiger partial charge on any atom is 0.216 e. The van der Waals surface area contributed by atoms with E-state index in [1.807, 2.05) is 0 Å². The van der Waals surface area contributed by atoms with Gasteiger partial charge in [0.1, 0.15) is 12.3 Å². The summed E-state index contributed by atoms with van der Waals surface area (Å²) < 4.78 is 11.2. The minimum absolute atomic E-state index is 0.0351.